The molecule has 0 fully saturated rings. The van der Waals surface area contributed by atoms with Gasteiger partial charge < -0.3 is 10.5 Å². The number of hydrogen-bond acceptors (Lipinski definition) is 4. The zero-order valence-corrected chi connectivity index (χ0v) is 7.37. The molecule has 0 saturated carbocycles. The standard InChI is InChI=1S/C9H7FN2O2/c1-14-9(13)5-2-6(4-11)8(10)7(12)3-5/h2-3H,12H2,1H3. The van der Waals surface area contributed by atoms with E-state index in [0.717, 1.165) is 12.1 Å². The van der Waals surface area contributed by atoms with Crippen molar-refractivity contribution in [1.82, 2.24) is 0 Å². The zero-order chi connectivity index (χ0) is 10.7. The average Bonchev–Trinajstić information content (AvgIpc) is 2.20. The van der Waals surface area contributed by atoms with E-state index in [0.29, 0.717) is 0 Å². The number of nitrogen functional groups attached to an aromatic ring is 1. The van der Waals surface area contributed by atoms with Crippen LogP contribution in [-0.2, 0) is 4.74 Å². The number of esters is 1. The van der Waals surface area contributed by atoms with Gasteiger partial charge in [-0.3, -0.25) is 0 Å². The quantitative estimate of drug-likeness (QED) is 0.535. The van der Waals surface area contributed by atoms with Crippen LogP contribution in [0.2, 0.25) is 0 Å². The summed E-state index contributed by atoms with van der Waals surface area (Å²) >= 11 is 0. The number of carbonyl (C=O) groups is 1. The minimum absolute atomic E-state index is 0.0583. The fraction of sp³-hybridized carbons (Fsp3) is 0.111. The summed E-state index contributed by atoms with van der Waals surface area (Å²) in [4.78, 5) is 11.0. The summed E-state index contributed by atoms with van der Waals surface area (Å²) < 4.78 is 17.5. The van der Waals surface area contributed by atoms with Gasteiger partial charge in [-0.1, -0.05) is 0 Å². The average molecular weight is 194 g/mol. The van der Waals surface area contributed by atoms with Gasteiger partial charge in [-0.15, -0.1) is 0 Å². The summed E-state index contributed by atoms with van der Waals surface area (Å²) in [5.74, 6) is -1.48. The first-order valence-corrected chi connectivity index (χ1v) is 3.67. The Morgan fingerprint density at radius 2 is 2.29 bits per heavy atom. The first kappa shape index (κ1) is 9.99. The third-order valence-corrected chi connectivity index (χ3v) is 1.64. The molecule has 0 spiro atoms. The maximum atomic E-state index is 13.0. The number of methoxy groups -OCH3 is 1. The maximum Gasteiger partial charge on any atom is 0.337 e. The topological polar surface area (TPSA) is 76.1 Å². The molecular formula is C9H7FN2O2. The van der Waals surface area contributed by atoms with Gasteiger partial charge in [0.25, 0.3) is 0 Å². The number of benzene rings is 1. The number of nitrogens with two attached hydrogens (primary N) is 1. The molecule has 0 amide bonds. The van der Waals surface area contributed by atoms with Crippen LogP contribution in [0.5, 0.6) is 0 Å². The highest BCUT2D eigenvalue weighted by molar-refractivity contribution is 5.91. The van der Waals surface area contributed by atoms with Gasteiger partial charge in [-0.25, -0.2) is 9.18 Å². The number of ether oxygens (including phenoxy) is 1. The lowest BCUT2D eigenvalue weighted by molar-refractivity contribution is 0.0600. The van der Waals surface area contributed by atoms with Crippen LogP contribution in [0, 0.1) is 17.1 Å². The third kappa shape index (κ3) is 1.64. The Hall–Kier alpha value is -2.09. The fourth-order valence-electron chi connectivity index (χ4n) is 0.964. The van der Waals surface area contributed by atoms with Crippen LogP contribution in [0.4, 0.5) is 10.1 Å². The van der Waals surface area contributed by atoms with Crippen molar-refractivity contribution in [2.24, 2.45) is 0 Å². The molecule has 14 heavy (non-hydrogen) atoms. The summed E-state index contributed by atoms with van der Waals surface area (Å²) in [7, 11) is 1.19. The van der Waals surface area contributed by atoms with Crippen molar-refractivity contribution in [2.75, 3.05) is 12.8 Å². The molecule has 0 bridgehead atoms. The van der Waals surface area contributed by atoms with Gasteiger partial charge in [0.15, 0.2) is 5.82 Å². The van der Waals surface area contributed by atoms with Crippen molar-refractivity contribution >= 4 is 11.7 Å². The van der Waals surface area contributed by atoms with Gasteiger partial charge in [-0.05, 0) is 12.1 Å². The van der Waals surface area contributed by atoms with Gasteiger partial charge >= 0.3 is 5.97 Å². The van der Waals surface area contributed by atoms with Crippen molar-refractivity contribution in [2.45, 2.75) is 0 Å². The Morgan fingerprint density at radius 3 is 2.79 bits per heavy atom. The highest BCUT2D eigenvalue weighted by Crippen LogP contribution is 2.17. The molecule has 0 aliphatic heterocycles. The van der Waals surface area contributed by atoms with E-state index in [1.807, 2.05) is 0 Å². The maximum absolute atomic E-state index is 13.0. The highest BCUT2D eigenvalue weighted by Gasteiger charge is 2.12. The smallest absolute Gasteiger partial charge is 0.337 e. The second-order valence-electron chi connectivity index (χ2n) is 2.53. The lowest BCUT2D eigenvalue weighted by Gasteiger charge is -2.02. The predicted octanol–water partition coefficient (Wildman–Crippen LogP) is 1.07. The van der Waals surface area contributed by atoms with E-state index in [9.17, 15) is 9.18 Å². The minimum atomic E-state index is -0.819. The predicted molar refractivity (Wildman–Crippen MR) is 46.9 cm³/mol. The molecule has 4 nitrogen and oxygen atoms in total. The van der Waals surface area contributed by atoms with Gasteiger partial charge in [0.1, 0.15) is 6.07 Å². The molecule has 1 aromatic rings. The summed E-state index contributed by atoms with van der Waals surface area (Å²) in [6.45, 7) is 0. The van der Waals surface area contributed by atoms with Crippen molar-refractivity contribution in [1.29, 1.82) is 5.26 Å². The molecule has 0 unspecified atom stereocenters. The fourth-order valence-corrected chi connectivity index (χ4v) is 0.964. The largest absolute Gasteiger partial charge is 0.465 e. The van der Waals surface area contributed by atoms with Crippen LogP contribution in [0.15, 0.2) is 12.1 Å². The van der Waals surface area contributed by atoms with Gasteiger partial charge in [0.2, 0.25) is 0 Å². The van der Waals surface area contributed by atoms with E-state index in [4.69, 9.17) is 11.0 Å². The lowest BCUT2D eigenvalue weighted by Crippen LogP contribution is -2.05. The molecule has 0 aliphatic carbocycles. The van der Waals surface area contributed by atoms with Crippen molar-refractivity contribution in [3.8, 4) is 6.07 Å². The number of carbonyl (C=O) groups excluding carboxylic acids is 1. The Morgan fingerprint density at radius 1 is 1.64 bits per heavy atom. The first-order chi connectivity index (χ1) is 6.60. The minimum Gasteiger partial charge on any atom is -0.465 e. The molecule has 0 saturated heterocycles. The molecule has 2 N–H and O–H groups in total. The molecule has 0 heterocycles. The van der Waals surface area contributed by atoms with E-state index >= 15 is 0 Å². The van der Waals surface area contributed by atoms with Crippen molar-refractivity contribution < 1.29 is 13.9 Å². The second kappa shape index (κ2) is 3.75. The molecule has 0 atom stereocenters. The van der Waals surface area contributed by atoms with Crippen LogP contribution in [0.3, 0.4) is 0 Å². The Bertz CT molecular complexity index is 424. The van der Waals surface area contributed by atoms with Crippen LogP contribution >= 0.6 is 0 Å². The molecule has 5 heteroatoms. The van der Waals surface area contributed by atoms with E-state index in [2.05, 4.69) is 4.74 Å². The molecule has 0 radical (unpaired) electrons. The summed E-state index contributed by atoms with van der Waals surface area (Å²) in [6, 6.07) is 3.81. The molecule has 0 aromatic heterocycles. The second-order valence-corrected chi connectivity index (χ2v) is 2.53. The Balaban J connectivity index is 3.32. The highest BCUT2D eigenvalue weighted by atomic mass is 19.1. The van der Waals surface area contributed by atoms with Crippen LogP contribution in [-0.4, -0.2) is 13.1 Å². The normalized spacial score (nSPS) is 9.21. The number of rotatable bonds is 1. The van der Waals surface area contributed by atoms with Gasteiger partial charge in [0.05, 0.1) is 23.9 Å². The van der Waals surface area contributed by atoms with Crippen molar-refractivity contribution in [3.63, 3.8) is 0 Å². The number of anilines is 1. The number of hydrogen-bond donors (Lipinski definition) is 1. The lowest BCUT2D eigenvalue weighted by atomic mass is 10.1. The monoisotopic (exact) mass is 194 g/mol. The van der Waals surface area contributed by atoms with E-state index in [1.54, 1.807) is 6.07 Å². The molecular weight excluding hydrogens is 187 g/mol. The van der Waals surface area contributed by atoms with Crippen molar-refractivity contribution in [3.05, 3.63) is 29.1 Å². The van der Waals surface area contributed by atoms with E-state index < -0.39 is 11.8 Å². The molecule has 1 aromatic carbocycles. The Kier molecular flexibility index (Phi) is 2.67. The molecule has 72 valence electrons. The summed E-state index contributed by atoms with van der Waals surface area (Å²) in [5.41, 5.74) is 4.80. The SMILES string of the molecule is COC(=O)c1cc(N)c(F)c(C#N)c1. The van der Waals surface area contributed by atoms with Gasteiger partial charge in [-0.2, -0.15) is 5.26 Å². The van der Waals surface area contributed by atoms with E-state index in [1.165, 1.54) is 7.11 Å². The van der Waals surface area contributed by atoms with Crippen LogP contribution in [0.1, 0.15) is 15.9 Å². The summed E-state index contributed by atoms with van der Waals surface area (Å²) in [5, 5.41) is 8.52. The van der Waals surface area contributed by atoms with E-state index in [-0.39, 0.29) is 16.8 Å². The number of nitriles is 1. The molecule has 0 aliphatic rings. The van der Waals surface area contributed by atoms with Crippen LogP contribution < -0.4 is 5.73 Å². The van der Waals surface area contributed by atoms with Gasteiger partial charge in [0, 0.05) is 0 Å². The third-order valence-electron chi connectivity index (χ3n) is 1.64. The van der Waals surface area contributed by atoms with Crippen LogP contribution in [0.25, 0.3) is 0 Å². The first-order valence-electron chi connectivity index (χ1n) is 3.67. The Labute approximate surface area is 79.7 Å². The zero-order valence-electron chi connectivity index (χ0n) is 7.37. The molecule has 1 rings (SSSR count). The summed E-state index contributed by atoms with van der Waals surface area (Å²) in [6.07, 6.45) is 0. The number of nitrogens with zero attached hydrogens (tertiary/aromatic N) is 1. The number of halogens is 1.